The van der Waals surface area contributed by atoms with E-state index in [-0.39, 0.29) is 36.6 Å². The van der Waals surface area contributed by atoms with E-state index in [9.17, 15) is 27.9 Å². The first-order valence-corrected chi connectivity index (χ1v) is 18.8. The Balaban J connectivity index is 1.12. The molecular weight excluding hydrogens is 751 g/mol. The average Bonchev–Trinajstić information content (AvgIpc) is 3.90. The summed E-state index contributed by atoms with van der Waals surface area (Å²) in [6, 6.07) is 14.8. The molecule has 0 bridgehead atoms. The monoisotopic (exact) mass is 793 g/mol. The van der Waals surface area contributed by atoms with Crippen molar-refractivity contribution in [3.63, 3.8) is 0 Å². The molecular formula is C40H43ClF3N7O5. The summed E-state index contributed by atoms with van der Waals surface area (Å²) >= 11 is 7.13. The molecule has 56 heavy (non-hydrogen) atoms. The lowest BCUT2D eigenvalue weighted by molar-refractivity contribution is -0.147. The molecule has 0 spiro atoms. The van der Waals surface area contributed by atoms with E-state index < -0.39 is 35.1 Å². The van der Waals surface area contributed by atoms with E-state index in [1.807, 2.05) is 48.5 Å². The molecule has 2 saturated heterocycles. The number of aromatic nitrogens is 3. The Bertz CT molecular complexity index is 2150. The Hall–Kier alpha value is -4.99. The highest BCUT2D eigenvalue weighted by Crippen LogP contribution is 2.45. The second-order valence-electron chi connectivity index (χ2n) is 14.8. The number of aliphatic carboxylic acids is 1. The van der Waals surface area contributed by atoms with E-state index in [1.54, 1.807) is 18.9 Å². The number of benzene rings is 2. The van der Waals surface area contributed by atoms with Crippen LogP contribution in [0.4, 0.5) is 19.0 Å². The third-order valence-electron chi connectivity index (χ3n) is 10.9. The number of likely N-dealkylation sites (tertiary alicyclic amines) is 1. The number of nitrogens with one attached hydrogen (secondary N) is 3. The fourth-order valence-electron chi connectivity index (χ4n) is 7.90. The van der Waals surface area contributed by atoms with Gasteiger partial charge in [0.15, 0.2) is 11.5 Å². The quantitative estimate of drug-likeness (QED) is 0.115. The lowest BCUT2D eigenvalue weighted by Gasteiger charge is -2.23. The summed E-state index contributed by atoms with van der Waals surface area (Å²) in [6.07, 6.45) is -2.06. The van der Waals surface area contributed by atoms with E-state index in [2.05, 4.69) is 25.9 Å². The van der Waals surface area contributed by atoms with Gasteiger partial charge in [0.2, 0.25) is 17.7 Å². The van der Waals surface area contributed by atoms with Gasteiger partial charge in [0.05, 0.1) is 36.4 Å². The maximum Gasteiger partial charge on any atom is 0.437 e. The molecule has 2 aromatic carbocycles. The number of halogens is 4. The molecule has 2 aliphatic heterocycles. The van der Waals surface area contributed by atoms with Crippen molar-refractivity contribution in [1.29, 1.82) is 0 Å². The highest BCUT2D eigenvalue weighted by Gasteiger charge is 2.42. The molecule has 4 heterocycles. The molecule has 7 rings (SSSR count). The van der Waals surface area contributed by atoms with Gasteiger partial charge in [-0.1, -0.05) is 54.1 Å². The number of carboxylic acid groups (broad SMARTS) is 1. The first kappa shape index (κ1) is 39.3. The minimum atomic E-state index is -4.83. The molecule has 2 aromatic heterocycles. The van der Waals surface area contributed by atoms with Crippen LogP contribution in [0.2, 0.25) is 5.02 Å². The zero-order chi connectivity index (χ0) is 39.8. The smallest absolute Gasteiger partial charge is 0.437 e. The molecule has 16 heteroatoms. The van der Waals surface area contributed by atoms with Crippen molar-refractivity contribution in [3.05, 3.63) is 81.6 Å². The minimum Gasteiger partial charge on any atom is -0.481 e. The summed E-state index contributed by atoms with van der Waals surface area (Å²) in [5.74, 6) is -0.942. The van der Waals surface area contributed by atoms with Gasteiger partial charge in [0, 0.05) is 55.3 Å². The second-order valence-corrected chi connectivity index (χ2v) is 15.2. The van der Waals surface area contributed by atoms with Crippen LogP contribution in [0.15, 0.2) is 48.5 Å². The summed E-state index contributed by atoms with van der Waals surface area (Å²) < 4.78 is 54.7. The number of rotatable bonds is 13. The molecule has 4 aromatic rings. The van der Waals surface area contributed by atoms with Crippen LogP contribution >= 0.6 is 11.6 Å². The SMILES string of the molecule is COc1nc(-c2cccc(-c3cccc4c3CC[C@@H]4Nc3nc(OC)c(CN4CC[C@@](C)(C(=O)O)C4)nc3C(F)(F)F)c2Cl)ccc1CNC[C@@H]1CCC(=O)N1. The van der Waals surface area contributed by atoms with Crippen molar-refractivity contribution in [1.82, 2.24) is 30.5 Å². The van der Waals surface area contributed by atoms with Crippen molar-refractivity contribution in [2.75, 3.05) is 39.2 Å². The molecule has 3 aliphatic rings. The van der Waals surface area contributed by atoms with Gasteiger partial charge in [0.25, 0.3) is 0 Å². The van der Waals surface area contributed by atoms with Crippen molar-refractivity contribution < 1.29 is 37.3 Å². The first-order chi connectivity index (χ1) is 26.8. The number of amides is 1. The number of nitrogens with zero attached hydrogens (tertiary/aromatic N) is 4. The number of carbonyl (C=O) groups excluding carboxylic acids is 1. The van der Waals surface area contributed by atoms with Crippen molar-refractivity contribution in [3.8, 4) is 34.1 Å². The van der Waals surface area contributed by atoms with Gasteiger partial charge in [-0.2, -0.15) is 18.2 Å². The van der Waals surface area contributed by atoms with E-state index >= 15 is 0 Å². The Kier molecular flexibility index (Phi) is 11.1. The molecule has 0 saturated carbocycles. The summed E-state index contributed by atoms with van der Waals surface area (Å²) in [7, 11) is 2.88. The van der Waals surface area contributed by atoms with Crippen molar-refractivity contribution in [2.24, 2.45) is 5.41 Å². The van der Waals surface area contributed by atoms with Gasteiger partial charge < -0.3 is 30.5 Å². The number of pyridine rings is 1. The van der Waals surface area contributed by atoms with Gasteiger partial charge in [0.1, 0.15) is 5.69 Å². The van der Waals surface area contributed by atoms with Crippen LogP contribution in [-0.2, 0) is 35.3 Å². The predicted octanol–water partition coefficient (Wildman–Crippen LogP) is 6.66. The average molecular weight is 794 g/mol. The lowest BCUT2D eigenvalue weighted by Crippen LogP contribution is -2.35. The minimum absolute atomic E-state index is 0.0160. The van der Waals surface area contributed by atoms with E-state index in [0.717, 1.165) is 34.2 Å². The third kappa shape index (κ3) is 7.98. The fraction of sp³-hybridized carbons (Fsp3) is 0.425. The zero-order valence-electron chi connectivity index (χ0n) is 31.2. The Morgan fingerprint density at radius 3 is 2.46 bits per heavy atom. The van der Waals surface area contributed by atoms with Gasteiger partial charge in [-0.25, -0.2) is 9.97 Å². The van der Waals surface area contributed by atoms with E-state index in [4.69, 9.17) is 26.1 Å². The normalized spacial score (nSPS) is 20.9. The van der Waals surface area contributed by atoms with Crippen LogP contribution in [0.3, 0.4) is 0 Å². The van der Waals surface area contributed by atoms with Crippen LogP contribution in [0.1, 0.15) is 66.7 Å². The maximum atomic E-state index is 14.6. The van der Waals surface area contributed by atoms with E-state index in [0.29, 0.717) is 67.5 Å². The summed E-state index contributed by atoms with van der Waals surface area (Å²) in [5, 5.41) is 19.4. The van der Waals surface area contributed by atoms with E-state index in [1.165, 1.54) is 7.11 Å². The molecule has 0 unspecified atom stereocenters. The first-order valence-electron chi connectivity index (χ1n) is 18.5. The largest absolute Gasteiger partial charge is 0.481 e. The fourth-order valence-corrected chi connectivity index (χ4v) is 8.22. The maximum absolute atomic E-state index is 14.6. The van der Waals surface area contributed by atoms with Crippen LogP contribution in [0, 0.1) is 5.41 Å². The van der Waals surface area contributed by atoms with Crippen molar-refractivity contribution in [2.45, 2.75) is 70.4 Å². The molecule has 296 valence electrons. The number of hydrogen-bond donors (Lipinski definition) is 4. The lowest BCUT2D eigenvalue weighted by atomic mass is 9.90. The number of carbonyl (C=O) groups is 2. The van der Waals surface area contributed by atoms with Crippen LogP contribution in [0.25, 0.3) is 22.4 Å². The third-order valence-corrected chi connectivity index (χ3v) is 11.3. The standard InChI is InChI=1S/C40H43ClF3N7O5/c1-39(38(53)54)16-17-51(21-39)20-31-37(56-3)50-35(34(47-31)40(42,43)44)48-29-14-12-25-24(6-4-7-26(25)29)27-8-5-9-28(33(27)41)30-13-10-22(36(49-30)55-2)18-45-19-23-11-15-32(52)46-23/h4-10,13,23,29,45H,11-12,14-21H2,1-3H3,(H,46,52)(H,48,50)(H,53,54)/t23-,29-,39+/m0/s1. The number of methoxy groups -OCH3 is 2. The van der Waals surface area contributed by atoms with Gasteiger partial charge in [-0.05, 0) is 61.9 Å². The molecule has 0 radical (unpaired) electrons. The summed E-state index contributed by atoms with van der Waals surface area (Å²) in [6.45, 7) is 3.28. The van der Waals surface area contributed by atoms with Crippen molar-refractivity contribution >= 4 is 29.3 Å². The molecule has 3 atom stereocenters. The predicted molar refractivity (Wildman–Crippen MR) is 203 cm³/mol. The number of hydrogen-bond acceptors (Lipinski definition) is 10. The number of alkyl halides is 3. The molecule has 1 amide bonds. The molecule has 12 nitrogen and oxygen atoms in total. The van der Waals surface area contributed by atoms with Crippen LogP contribution in [-0.4, -0.2) is 76.7 Å². The van der Waals surface area contributed by atoms with Crippen LogP contribution in [0.5, 0.6) is 11.8 Å². The Morgan fingerprint density at radius 2 is 1.77 bits per heavy atom. The van der Waals surface area contributed by atoms with Gasteiger partial charge in [-0.3, -0.25) is 14.5 Å². The molecule has 4 N–H and O–H groups in total. The summed E-state index contributed by atoms with van der Waals surface area (Å²) in [5.41, 5.74) is 3.38. The van der Waals surface area contributed by atoms with Crippen LogP contribution < -0.4 is 25.4 Å². The number of ether oxygens (including phenoxy) is 2. The second kappa shape index (κ2) is 15.9. The Morgan fingerprint density at radius 1 is 1.02 bits per heavy atom. The van der Waals surface area contributed by atoms with Gasteiger partial charge in [-0.15, -0.1) is 0 Å². The summed E-state index contributed by atoms with van der Waals surface area (Å²) in [4.78, 5) is 38.1. The molecule has 1 aliphatic carbocycles. The number of carboxylic acids is 1. The highest BCUT2D eigenvalue weighted by molar-refractivity contribution is 6.36. The topological polar surface area (TPSA) is 151 Å². The highest BCUT2D eigenvalue weighted by atomic mass is 35.5. The molecule has 2 fully saturated rings. The Labute approximate surface area is 327 Å². The number of anilines is 1. The number of fused-ring (bicyclic) bond motifs is 1. The zero-order valence-corrected chi connectivity index (χ0v) is 32.0. The van der Waals surface area contributed by atoms with Gasteiger partial charge >= 0.3 is 12.1 Å².